The molecule has 1 aromatic carbocycles. The molecule has 5 heteroatoms. The zero-order chi connectivity index (χ0) is 14.0. The minimum absolute atomic E-state index is 0.265. The number of rotatable bonds is 3. The summed E-state index contributed by atoms with van der Waals surface area (Å²) in [4.78, 5) is 4.47. The third kappa shape index (κ3) is 2.88. The molecule has 0 spiro atoms. The summed E-state index contributed by atoms with van der Waals surface area (Å²) < 4.78 is 13.5. The molecule has 0 fully saturated rings. The first-order chi connectivity index (χ1) is 8.99. The van der Waals surface area contributed by atoms with E-state index in [4.69, 9.17) is 18.0 Å². The van der Waals surface area contributed by atoms with Crippen molar-refractivity contribution in [3.63, 3.8) is 0 Å². The number of thiocarbonyl (C=S) groups is 1. The molecule has 0 bridgehead atoms. The quantitative estimate of drug-likeness (QED) is 0.845. The van der Waals surface area contributed by atoms with E-state index in [2.05, 4.69) is 10.3 Å². The van der Waals surface area contributed by atoms with Crippen LogP contribution in [0.25, 0.3) is 0 Å². The van der Waals surface area contributed by atoms with Gasteiger partial charge in [-0.15, -0.1) is 0 Å². The van der Waals surface area contributed by atoms with Gasteiger partial charge in [-0.3, -0.25) is 0 Å². The predicted octanol–water partition coefficient (Wildman–Crippen LogP) is 3.22. The molecule has 0 aliphatic heterocycles. The fourth-order valence-electron chi connectivity index (χ4n) is 1.77. The van der Waals surface area contributed by atoms with Crippen molar-refractivity contribution in [1.29, 1.82) is 0 Å². The van der Waals surface area contributed by atoms with Crippen molar-refractivity contribution in [2.24, 2.45) is 5.73 Å². The van der Waals surface area contributed by atoms with Crippen molar-refractivity contribution < 1.29 is 4.39 Å². The minimum atomic E-state index is -0.269. The maximum absolute atomic E-state index is 13.5. The Balaban J connectivity index is 2.40. The molecule has 1 aromatic heterocycles. The highest BCUT2D eigenvalue weighted by Crippen LogP contribution is 2.22. The minimum Gasteiger partial charge on any atom is -0.389 e. The number of nitrogens with two attached hydrogens (primary N) is 1. The van der Waals surface area contributed by atoms with Gasteiger partial charge in [-0.25, -0.2) is 9.37 Å². The van der Waals surface area contributed by atoms with Crippen LogP contribution in [0.2, 0.25) is 0 Å². The number of benzene rings is 1. The number of anilines is 2. The molecule has 0 saturated carbocycles. The Labute approximate surface area is 116 Å². The molecule has 0 amide bonds. The van der Waals surface area contributed by atoms with E-state index in [0.29, 0.717) is 22.6 Å². The standard InChI is InChI=1S/C14H14FN3S/c1-8-3-4-10(7-11(8)15)18-14-12(13(16)19)9(2)5-6-17-14/h3-7H,1-2H3,(H2,16,19)(H,17,18). The molecule has 0 aliphatic rings. The SMILES string of the molecule is Cc1ccc(Nc2nccc(C)c2C(N)=S)cc1F. The number of nitrogens with one attached hydrogen (secondary N) is 1. The van der Waals surface area contributed by atoms with Crippen LogP contribution in [-0.2, 0) is 0 Å². The lowest BCUT2D eigenvalue weighted by molar-refractivity contribution is 0.619. The summed E-state index contributed by atoms with van der Waals surface area (Å²) in [5.74, 6) is 0.269. The highest BCUT2D eigenvalue weighted by atomic mass is 32.1. The molecular weight excluding hydrogens is 261 g/mol. The topological polar surface area (TPSA) is 50.9 Å². The van der Waals surface area contributed by atoms with Crippen molar-refractivity contribution in [1.82, 2.24) is 4.98 Å². The normalized spacial score (nSPS) is 10.3. The van der Waals surface area contributed by atoms with Crippen LogP contribution in [-0.4, -0.2) is 9.97 Å². The molecule has 2 rings (SSSR count). The number of hydrogen-bond donors (Lipinski definition) is 2. The Kier molecular flexibility index (Phi) is 3.76. The smallest absolute Gasteiger partial charge is 0.140 e. The maximum atomic E-state index is 13.5. The molecule has 0 unspecified atom stereocenters. The second-order valence-electron chi connectivity index (χ2n) is 4.30. The monoisotopic (exact) mass is 275 g/mol. The van der Waals surface area contributed by atoms with Crippen LogP contribution in [0.15, 0.2) is 30.5 Å². The number of aryl methyl sites for hydroxylation is 2. The van der Waals surface area contributed by atoms with Gasteiger partial charge in [0.1, 0.15) is 16.6 Å². The molecule has 1 heterocycles. The van der Waals surface area contributed by atoms with Gasteiger partial charge in [0.2, 0.25) is 0 Å². The maximum Gasteiger partial charge on any atom is 0.140 e. The molecule has 19 heavy (non-hydrogen) atoms. The van der Waals surface area contributed by atoms with Gasteiger partial charge in [-0.1, -0.05) is 18.3 Å². The first kappa shape index (κ1) is 13.4. The van der Waals surface area contributed by atoms with Crippen molar-refractivity contribution >= 4 is 28.7 Å². The number of pyridine rings is 1. The molecule has 0 atom stereocenters. The van der Waals surface area contributed by atoms with E-state index in [1.165, 1.54) is 6.07 Å². The lowest BCUT2D eigenvalue weighted by Gasteiger charge is -2.12. The van der Waals surface area contributed by atoms with Gasteiger partial charge < -0.3 is 11.1 Å². The van der Waals surface area contributed by atoms with Crippen molar-refractivity contribution in [2.45, 2.75) is 13.8 Å². The van der Waals surface area contributed by atoms with Crippen molar-refractivity contribution in [3.8, 4) is 0 Å². The van der Waals surface area contributed by atoms with Gasteiger partial charge in [0.25, 0.3) is 0 Å². The Bertz CT molecular complexity index is 641. The van der Waals surface area contributed by atoms with Crippen molar-refractivity contribution in [3.05, 3.63) is 53.0 Å². The van der Waals surface area contributed by atoms with E-state index >= 15 is 0 Å². The van der Waals surface area contributed by atoms with E-state index in [-0.39, 0.29) is 10.8 Å². The highest BCUT2D eigenvalue weighted by Gasteiger charge is 2.10. The van der Waals surface area contributed by atoms with Gasteiger partial charge in [0, 0.05) is 11.9 Å². The van der Waals surface area contributed by atoms with Gasteiger partial charge in [-0.05, 0) is 43.2 Å². The average molecular weight is 275 g/mol. The second kappa shape index (κ2) is 5.32. The summed E-state index contributed by atoms with van der Waals surface area (Å²) in [5.41, 5.74) is 8.51. The predicted molar refractivity (Wildman–Crippen MR) is 79.3 cm³/mol. The van der Waals surface area contributed by atoms with Gasteiger partial charge >= 0.3 is 0 Å². The zero-order valence-corrected chi connectivity index (χ0v) is 11.5. The van der Waals surface area contributed by atoms with E-state index in [1.807, 2.05) is 13.0 Å². The van der Waals surface area contributed by atoms with Crippen LogP contribution in [0, 0.1) is 19.7 Å². The molecule has 0 saturated heterocycles. The number of nitrogens with zero attached hydrogens (tertiary/aromatic N) is 1. The number of halogens is 1. The Morgan fingerprint density at radius 1 is 1.26 bits per heavy atom. The molecule has 3 N–H and O–H groups in total. The summed E-state index contributed by atoms with van der Waals surface area (Å²) in [6.45, 7) is 3.61. The third-order valence-corrected chi connectivity index (χ3v) is 3.04. The average Bonchev–Trinajstić information content (AvgIpc) is 2.33. The first-order valence-electron chi connectivity index (χ1n) is 5.77. The summed E-state index contributed by atoms with van der Waals surface area (Å²) in [7, 11) is 0. The highest BCUT2D eigenvalue weighted by molar-refractivity contribution is 7.80. The zero-order valence-electron chi connectivity index (χ0n) is 10.7. The van der Waals surface area contributed by atoms with Crippen LogP contribution in [0.3, 0.4) is 0 Å². The Morgan fingerprint density at radius 3 is 2.63 bits per heavy atom. The largest absolute Gasteiger partial charge is 0.389 e. The molecule has 2 aromatic rings. The second-order valence-corrected chi connectivity index (χ2v) is 4.74. The third-order valence-electron chi connectivity index (χ3n) is 2.84. The molecule has 0 radical (unpaired) electrons. The van der Waals surface area contributed by atoms with Gasteiger partial charge in [-0.2, -0.15) is 0 Å². The van der Waals surface area contributed by atoms with Crippen LogP contribution >= 0.6 is 12.2 Å². The van der Waals surface area contributed by atoms with E-state index in [0.717, 1.165) is 5.56 Å². The molecule has 3 nitrogen and oxygen atoms in total. The van der Waals surface area contributed by atoms with Gasteiger partial charge in [0.15, 0.2) is 0 Å². The van der Waals surface area contributed by atoms with Crippen LogP contribution in [0.1, 0.15) is 16.7 Å². The first-order valence-corrected chi connectivity index (χ1v) is 6.18. The fraction of sp³-hybridized carbons (Fsp3) is 0.143. The Hall–Kier alpha value is -2.01. The summed E-state index contributed by atoms with van der Waals surface area (Å²) in [6, 6.07) is 6.73. The van der Waals surface area contributed by atoms with Crippen LogP contribution in [0.4, 0.5) is 15.9 Å². The summed E-state index contributed by atoms with van der Waals surface area (Å²) in [6.07, 6.45) is 1.66. The van der Waals surface area contributed by atoms with E-state index < -0.39 is 0 Å². The van der Waals surface area contributed by atoms with E-state index in [9.17, 15) is 4.39 Å². The summed E-state index contributed by atoms with van der Waals surface area (Å²) >= 11 is 5.02. The Morgan fingerprint density at radius 2 is 2.00 bits per heavy atom. The van der Waals surface area contributed by atoms with E-state index in [1.54, 1.807) is 25.3 Å². The number of hydrogen-bond acceptors (Lipinski definition) is 3. The van der Waals surface area contributed by atoms with Gasteiger partial charge in [0.05, 0.1) is 5.56 Å². The molecule has 98 valence electrons. The van der Waals surface area contributed by atoms with Crippen LogP contribution < -0.4 is 11.1 Å². The molecule has 0 aliphatic carbocycles. The lowest BCUT2D eigenvalue weighted by Crippen LogP contribution is -2.14. The lowest BCUT2D eigenvalue weighted by atomic mass is 10.1. The van der Waals surface area contributed by atoms with Crippen molar-refractivity contribution in [2.75, 3.05) is 5.32 Å². The summed E-state index contributed by atoms with van der Waals surface area (Å²) in [5, 5.41) is 3.04. The molecular formula is C14H14FN3S. The van der Waals surface area contributed by atoms with Crippen LogP contribution in [0.5, 0.6) is 0 Å². The fourth-order valence-corrected chi connectivity index (χ4v) is 2.03. The number of aromatic nitrogens is 1.